The maximum atomic E-state index is 11.9. The van der Waals surface area contributed by atoms with Gasteiger partial charge in [0, 0.05) is 11.1 Å². The van der Waals surface area contributed by atoms with Crippen molar-refractivity contribution in [2.75, 3.05) is 0 Å². The first kappa shape index (κ1) is 15.8. The summed E-state index contributed by atoms with van der Waals surface area (Å²) in [7, 11) is 0. The number of aromatic carboxylic acids is 2. The van der Waals surface area contributed by atoms with Crippen LogP contribution in [-0.4, -0.2) is 22.2 Å². The van der Waals surface area contributed by atoms with E-state index in [4.69, 9.17) is 0 Å². The van der Waals surface area contributed by atoms with Crippen LogP contribution in [0, 0.1) is 0 Å². The third-order valence-electron chi connectivity index (χ3n) is 4.57. The minimum atomic E-state index is -1.09. The summed E-state index contributed by atoms with van der Waals surface area (Å²) in [5, 5.41) is 22.6. The second-order valence-corrected chi connectivity index (χ2v) is 6.03. The fourth-order valence-electron chi connectivity index (χ4n) is 3.44. The van der Waals surface area contributed by atoms with Gasteiger partial charge in [-0.05, 0) is 33.7 Å². The maximum Gasteiger partial charge on any atom is 0.336 e. The first-order chi connectivity index (χ1) is 12.6. The molecule has 0 amide bonds. The molecule has 4 heteroatoms. The van der Waals surface area contributed by atoms with E-state index in [0.29, 0.717) is 21.9 Å². The van der Waals surface area contributed by atoms with E-state index in [1.165, 1.54) is 12.1 Å². The summed E-state index contributed by atoms with van der Waals surface area (Å²) < 4.78 is 0. The molecule has 0 aliphatic carbocycles. The second kappa shape index (κ2) is 6.01. The van der Waals surface area contributed by atoms with Gasteiger partial charge < -0.3 is 10.2 Å². The van der Waals surface area contributed by atoms with Gasteiger partial charge in [-0.1, -0.05) is 60.7 Å². The lowest BCUT2D eigenvalue weighted by Crippen LogP contribution is -2.05. The molecule has 0 saturated carbocycles. The van der Waals surface area contributed by atoms with Crippen molar-refractivity contribution in [2.24, 2.45) is 0 Å². The number of rotatable bonds is 3. The Hall–Kier alpha value is -3.66. The van der Waals surface area contributed by atoms with E-state index < -0.39 is 11.9 Å². The van der Waals surface area contributed by atoms with Crippen molar-refractivity contribution in [1.29, 1.82) is 0 Å². The first-order valence-corrected chi connectivity index (χ1v) is 8.08. The van der Waals surface area contributed by atoms with Crippen molar-refractivity contribution in [3.05, 3.63) is 83.9 Å². The standard InChI is InChI=1S/C22H14O4/c23-21(24)17-11-9-13-5-1-3-7-15(13)19(17)20-16-8-4-2-6-14(16)10-12-18(20)22(25)26/h1-12H,(H,23,24)(H,25,26). The quantitative estimate of drug-likeness (QED) is 0.546. The summed E-state index contributed by atoms with van der Waals surface area (Å²) >= 11 is 0. The molecule has 4 rings (SSSR count). The topological polar surface area (TPSA) is 74.6 Å². The monoisotopic (exact) mass is 342 g/mol. The van der Waals surface area contributed by atoms with E-state index in [1.54, 1.807) is 12.1 Å². The van der Waals surface area contributed by atoms with E-state index in [0.717, 1.165) is 10.8 Å². The number of carbonyl (C=O) groups is 2. The minimum Gasteiger partial charge on any atom is -0.478 e. The van der Waals surface area contributed by atoms with Gasteiger partial charge in [-0.3, -0.25) is 0 Å². The fraction of sp³-hybridized carbons (Fsp3) is 0. The predicted octanol–water partition coefficient (Wildman–Crippen LogP) is 5.06. The molecule has 0 fully saturated rings. The number of carboxylic acids is 2. The summed E-state index contributed by atoms with van der Waals surface area (Å²) in [6, 6.07) is 21.4. The normalized spacial score (nSPS) is 10.9. The van der Waals surface area contributed by atoms with Gasteiger partial charge in [0.15, 0.2) is 0 Å². The van der Waals surface area contributed by atoms with Gasteiger partial charge >= 0.3 is 11.9 Å². The van der Waals surface area contributed by atoms with Crippen molar-refractivity contribution < 1.29 is 19.8 Å². The van der Waals surface area contributed by atoms with E-state index in [1.807, 2.05) is 48.5 Å². The van der Waals surface area contributed by atoms with Gasteiger partial charge in [-0.25, -0.2) is 9.59 Å². The smallest absolute Gasteiger partial charge is 0.336 e. The van der Waals surface area contributed by atoms with Crippen molar-refractivity contribution in [1.82, 2.24) is 0 Å². The third kappa shape index (κ3) is 2.40. The highest BCUT2D eigenvalue weighted by molar-refractivity contribution is 6.17. The Morgan fingerprint density at radius 3 is 1.31 bits per heavy atom. The van der Waals surface area contributed by atoms with Crippen LogP contribution in [-0.2, 0) is 0 Å². The molecule has 26 heavy (non-hydrogen) atoms. The van der Waals surface area contributed by atoms with Crippen LogP contribution in [0.3, 0.4) is 0 Å². The van der Waals surface area contributed by atoms with Crippen LogP contribution in [0.25, 0.3) is 32.7 Å². The number of benzene rings is 4. The Balaban J connectivity index is 2.27. The van der Waals surface area contributed by atoms with Crippen LogP contribution in [0.4, 0.5) is 0 Å². The van der Waals surface area contributed by atoms with Gasteiger partial charge in [0.1, 0.15) is 0 Å². The molecule has 0 aliphatic heterocycles. The van der Waals surface area contributed by atoms with Crippen LogP contribution < -0.4 is 0 Å². The van der Waals surface area contributed by atoms with Crippen molar-refractivity contribution in [3.63, 3.8) is 0 Å². The highest BCUT2D eigenvalue weighted by Crippen LogP contribution is 2.39. The van der Waals surface area contributed by atoms with Crippen LogP contribution in [0.2, 0.25) is 0 Å². The second-order valence-electron chi connectivity index (χ2n) is 6.03. The molecule has 0 aliphatic rings. The zero-order valence-electron chi connectivity index (χ0n) is 13.6. The van der Waals surface area contributed by atoms with E-state index in [9.17, 15) is 19.8 Å². The third-order valence-corrected chi connectivity index (χ3v) is 4.57. The summed E-state index contributed by atoms with van der Waals surface area (Å²) in [6.45, 7) is 0. The Morgan fingerprint density at radius 1 is 0.538 bits per heavy atom. The molecular weight excluding hydrogens is 328 g/mol. The summed E-state index contributed by atoms with van der Waals surface area (Å²) in [4.78, 5) is 23.8. The van der Waals surface area contributed by atoms with Crippen molar-refractivity contribution in [3.8, 4) is 11.1 Å². The molecule has 0 unspecified atom stereocenters. The lowest BCUT2D eigenvalue weighted by molar-refractivity contribution is 0.0684. The van der Waals surface area contributed by atoms with Gasteiger partial charge in [-0.15, -0.1) is 0 Å². The molecule has 0 radical (unpaired) electrons. The lowest BCUT2D eigenvalue weighted by atomic mass is 9.87. The molecule has 4 nitrogen and oxygen atoms in total. The molecule has 0 saturated heterocycles. The number of fused-ring (bicyclic) bond motifs is 2. The van der Waals surface area contributed by atoms with Crippen LogP contribution in [0.5, 0.6) is 0 Å². The molecule has 0 heterocycles. The summed E-state index contributed by atoms with van der Waals surface area (Å²) in [6.07, 6.45) is 0. The Kier molecular flexibility index (Phi) is 3.66. The maximum absolute atomic E-state index is 11.9. The van der Waals surface area contributed by atoms with Crippen molar-refractivity contribution in [2.45, 2.75) is 0 Å². The predicted molar refractivity (Wildman–Crippen MR) is 101 cm³/mol. The Morgan fingerprint density at radius 2 is 0.923 bits per heavy atom. The summed E-state index contributed by atoms with van der Waals surface area (Å²) in [5.74, 6) is -2.18. The molecule has 126 valence electrons. The van der Waals surface area contributed by atoms with Crippen LogP contribution >= 0.6 is 0 Å². The zero-order chi connectivity index (χ0) is 18.3. The molecular formula is C22H14O4. The van der Waals surface area contributed by atoms with Crippen LogP contribution in [0.15, 0.2) is 72.8 Å². The van der Waals surface area contributed by atoms with E-state index >= 15 is 0 Å². The SMILES string of the molecule is O=C(O)c1ccc2ccccc2c1-c1c(C(=O)O)ccc2ccccc12. The van der Waals surface area contributed by atoms with E-state index in [-0.39, 0.29) is 11.1 Å². The minimum absolute atomic E-state index is 0.0857. The van der Waals surface area contributed by atoms with Crippen LogP contribution in [0.1, 0.15) is 20.7 Å². The number of hydrogen-bond acceptors (Lipinski definition) is 2. The molecule has 0 aromatic heterocycles. The Labute approximate surface area is 148 Å². The zero-order valence-corrected chi connectivity index (χ0v) is 13.6. The molecule has 0 bridgehead atoms. The van der Waals surface area contributed by atoms with Gasteiger partial charge in [-0.2, -0.15) is 0 Å². The lowest BCUT2D eigenvalue weighted by Gasteiger charge is -2.16. The number of hydrogen-bond donors (Lipinski definition) is 2. The average molecular weight is 342 g/mol. The molecule has 2 N–H and O–H groups in total. The van der Waals surface area contributed by atoms with Gasteiger partial charge in [0.25, 0.3) is 0 Å². The number of carboxylic acid groups (broad SMARTS) is 2. The molecule has 4 aromatic carbocycles. The first-order valence-electron chi connectivity index (χ1n) is 8.08. The van der Waals surface area contributed by atoms with E-state index in [2.05, 4.69) is 0 Å². The molecule has 0 spiro atoms. The Bertz CT molecular complexity index is 1100. The average Bonchev–Trinajstić information content (AvgIpc) is 2.66. The van der Waals surface area contributed by atoms with Gasteiger partial charge in [0.05, 0.1) is 11.1 Å². The fourth-order valence-corrected chi connectivity index (χ4v) is 3.44. The largest absolute Gasteiger partial charge is 0.478 e. The highest BCUT2D eigenvalue weighted by Gasteiger charge is 2.22. The molecule has 4 aromatic rings. The molecule has 0 atom stereocenters. The van der Waals surface area contributed by atoms with Gasteiger partial charge in [0.2, 0.25) is 0 Å². The summed E-state index contributed by atoms with van der Waals surface area (Å²) in [5.41, 5.74) is 1.04. The van der Waals surface area contributed by atoms with Crippen molar-refractivity contribution >= 4 is 33.5 Å². The highest BCUT2D eigenvalue weighted by atomic mass is 16.4.